The van der Waals surface area contributed by atoms with Crippen LogP contribution in [0.4, 0.5) is 9.80 Å². The molecule has 0 aliphatic carbocycles. The lowest BCUT2D eigenvalue weighted by molar-refractivity contribution is 0.0934. The van der Waals surface area contributed by atoms with Crippen molar-refractivity contribution in [2.24, 2.45) is 0 Å². The molecule has 7 nitrogen and oxygen atoms in total. The summed E-state index contributed by atoms with van der Waals surface area (Å²) < 4.78 is 11.1. The second-order valence-corrected chi connectivity index (χ2v) is 8.87. The van der Waals surface area contributed by atoms with Gasteiger partial charge in [-0.2, -0.15) is 0 Å². The Morgan fingerprint density at radius 3 is 2.81 bits per heavy atom. The number of benzene rings is 2. The Hall–Kier alpha value is -3.26. The van der Waals surface area contributed by atoms with Crippen LogP contribution in [0.5, 0.6) is 5.75 Å². The van der Waals surface area contributed by atoms with E-state index in [1.165, 1.54) is 0 Å². The van der Waals surface area contributed by atoms with Crippen molar-refractivity contribution < 1.29 is 19.1 Å². The van der Waals surface area contributed by atoms with E-state index in [0.29, 0.717) is 38.3 Å². The molecular weight excluding hydrogens is 426 g/mol. The fourth-order valence-corrected chi connectivity index (χ4v) is 5.77. The number of carbonyl (C=O) groups excluding carboxylic acids is 2. The maximum absolute atomic E-state index is 13.2. The van der Waals surface area contributed by atoms with Crippen LogP contribution in [0.25, 0.3) is 10.8 Å². The van der Waals surface area contributed by atoms with Crippen LogP contribution in [-0.2, 0) is 17.7 Å². The zero-order valence-corrected chi connectivity index (χ0v) is 18.9. The van der Waals surface area contributed by atoms with Crippen LogP contribution >= 0.6 is 11.3 Å². The average Bonchev–Trinajstić information content (AvgIpc) is 3.17. The summed E-state index contributed by atoms with van der Waals surface area (Å²) in [6.45, 7) is 5.64. The molecule has 2 aromatic carbocycles. The Balaban J connectivity index is 1.51. The topological polar surface area (TPSA) is 79.9 Å². The second-order valence-electron chi connectivity index (χ2n) is 7.76. The van der Waals surface area contributed by atoms with Gasteiger partial charge < -0.3 is 25.0 Å². The van der Waals surface area contributed by atoms with Gasteiger partial charge >= 0.3 is 6.09 Å². The van der Waals surface area contributed by atoms with Crippen LogP contribution < -0.4 is 15.4 Å². The molecule has 32 heavy (non-hydrogen) atoms. The molecule has 1 aromatic heterocycles. The van der Waals surface area contributed by atoms with Crippen LogP contribution in [0, 0.1) is 0 Å². The van der Waals surface area contributed by atoms with Gasteiger partial charge in [-0.05, 0) is 42.7 Å². The van der Waals surface area contributed by atoms with E-state index in [9.17, 15) is 9.59 Å². The van der Waals surface area contributed by atoms with Crippen LogP contribution in [0.3, 0.4) is 0 Å². The summed E-state index contributed by atoms with van der Waals surface area (Å²) in [5.74, 6) is 0.656. The quantitative estimate of drug-likeness (QED) is 0.603. The lowest BCUT2D eigenvalue weighted by Crippen LogP contribution is -2.39. The molecule has 0 bridgehead atoms. The fraction of sp³-hybridized carbons (Fsp3) is 0.333. The van der Waals surface area contributed by atoms with E-state index in [0.717, 1.165) is 37.5 Å². The zero-order valence-electron chi connectivity index (χ0n) is 18.1. The minimum absolute atomic E-state index is 0.0961. The average molecular weight is 452 g/mol. The minimum Gasteiger partial charge on any atom is -0.493 e. The van der Waals surface area contributed by atoms with Gasteiger partial charge in [-0.1, -0.05) is 30.3 Å². The lowest BCUT2D eigenvalue weighted by Gasteiger charge is -2.29. The molecule has 0 saturated carbocycles. The van der Waals surface area contributed by atoms with Gasteiger partial charge in [-0.15, -0.1) is 11.3 Å². The third-order valence-electron chi connectivity index (χ3n) is 5.88. The Morgan fingerprint density at radius 1 is 1.16 bits per heavy atom. The number of hydrogen-bond donors (Lipinski definition) is 2. The molecule has 0 saturated heterocycles. The van der Waals surface area contributed by atoms with Crippen molar-refractivity contribution >= 4 is 39.1 Å². The molecule has 1 atom stereocenters. The number of amides is 2. The van der Waals surface area contributed by atoms with Crippen molar-refractivity contribution in [3.8, 4) is 5.75 Å². The molecule has 0 spiro atoms. The molecule has 8 heteroatoms. The molecule has 2 aliphatic rings. The van der Waals surface area contributed by atoms with Crippen molar-refractivity contribution in [3.63, 3.8) is 0 Å². The third-order valence-corrected chi connectivity index (χ3v) is 7.03. The van der Waals surface area contributed by atoms with Gasteiger partial charge in [0.2, 0.25) is 0 Å². The first-order valence-corrected chi connectivity index (χ1v) is 11.7. The molecule has 2 aliphatic heterocycles. The van der Waals surface area contributed by atoms with Crippen molar-refractivity contribution in [2.45, 2.75) is 33.0 Å². The standard InChI is InChI=1S/C24H25N3O4S/c1-3-30-17-10-9-14-7-5-6-8-15(14)19(17)21-25-22(28)20-16-11-12-27(24(29)31-4-2)13-18(16)32-23(20)26-21/h5-10,21,26H,3-4,11-13H2,1-2H3,(H,25,28). The number of thiophene rings is 1. The summed E-state index contributed by atoms with van der Waals surface area (Å²) in [6.07, 6.45) is -0.0843. The van der Waals surface area contributed by atoms with Gasteiger partial charge in [0.15, 0.2) is 0 Å². The molecule has 1 unspecified atom stereocenters. The Kier molecular flexibility index (Phi) is 5.38. The number of anilines is 1. The Bertz CT molecular complexity index is 1210. The number of carbonyl (C=O) groups is 2. The fourth-order valence-electron chi connectivity index (χ4n) is 4.49. The normalized spacial score (nSPS) is 17.2. The minimum atomic E-state index is -0.413. The number of fused-ring (bicyclic) bond motifs is 4. The highest BCUT2D eigenvalue weighted by molar-refractivity contribution is 7.16. The number of ether oxygens (including phenoxy) is 2. The second kappa shape index (κ2) is 8.35. The highest BCUT2D eigenvalue weighted by atomic mass is 32.1. The van der Waals surface area contributed by atoms with Crippen LogP contribution in [0.15, 0.2) is 36.4 Å². The third kappa shape index (κ3) is 3.44. The summed E-state index contributed by atoms with van der Waals surface area (Å²) in [6, 6.07) is 12.1. The van der Waals surface area contributed by atoms with Gasteiger partial charge in [-0.3, -0.25) is 4.79 Å². The summed E-state index contributed by atoms with van der Waals surface area (Å²) in [5.41, 5.74) is 2.64. The molecule has 5 rings (SSSR count). The number of nitrogens with one attached hydrogen (secondary N) is 2. The van der Waals surface area contributed by atoms with Crippen molar-refractivity contribution in [3.05, 3.63) is 58.0 Å². The van der Waals surface area contributed by atoms with E-state index in [1.807, 2.05) is 37.3 Å². The maximum atomic E-state index is 13.2. The van der Waals surface area contributed by atoms with Gasteiger partial charge in [0.1, 0.15) is 16.9 Å². The monoisotopic (exact) mass is 451 g/mol. The van der Waals surface area contributed by atoms with E-state index >= 15 is 0 Å². The molecule has 2 N–H and O–H groups in total. The van der Waals surface area contributed by atoms with E-state index in [1.54, 1.807) is 23.2 Å². The Labute approximate surface area is 190 Å². The molecular formula is C24H25N3O4S. The van der Waals surface area contributed by atoms with Crippen LogP contribution in [0.2, 0.25) is 0 Å². The largest absolute Gasteiger partial charge is 0.493 e. The summed E-state index contributed by atoms with van der Waals surface area (Å²) >= 11 is 1.54. The van der Waals surface area contributed by atoms with E-state index < -0.39 is 6.17 Å². The van der Waals surface area contributed by atoms with E-state index in [2.05, 4.69) is 16.7 Å². The first-order chi connectivity index (χ1) is 15.6. The molecule has 3 heterocycles. The number of hydrogen-bond acceptors (Lipinski definition) is 6. The molecule has 0 radical (unpaired) electrons. The predicted molar refractivity (Wildman–Crippen MR) is 124 cm³/mol. The van der Waals surface area contributed by atoms with Gasteiger partial charge in [0, 0.05) is 17.0 Å². The maximum Gasteiger partial charge on any atom is 0.410 e. The molecule has 2 amide bonds. The lowest BCUT2D eigenvalue weighted by atomic mass is 9.97. The summed E-state index contributed by atoms with van der Waals surface area (Å²) in [5, 5.41) is 9.64. The van der Waals surface area contributed by atoms with Crippen LogP contribution in [0.1, 0.15) is 46.4 Å². The van der Waals surface area contributed by atoms with Crippen molar-refractivity contribution in [2.75, 3.05) is 25.1 Å². The van der Waals surface area contributed by atoms with Gasteiger partial charge in [0.05, 0.1) is 25.3 Å². The predicted octanol–water partition coefficient (Wildman–Crippen LogP) is 4.67. The van der Waals surface area contributed by atoms with Crippen molar-refractivity contribution in [1.29, 1.82) is 0 Å². The highest BCUT2D eigenvalue weighted by Gasteiger charge is 2.35. The summed E-state index contributed by atoms with van der Waals surface area (Å²) in [7, 11) is 0. The summed E-state index contributed by atoms with van der Waals surface area (Å²) in [4.78, 5) is 28.1. The number of rotatable bonds is 4. The van der Waals surface area contributed by atoms with Gasteiger partial charge in [-0.25, -0.2) is 4.79 Å². The molecule has 0 fully saturated rings. The smallest absolute Gasteiger partial charge is 0.410 e. The molecule has 166 valence electrons. The van der Waals surface area contributed by atoms with Gasteiger partial charge in [0.25, 0.3) is 5.91 Å². The number of nitrogens with zero attached hydrogens (tertiary/aromatic N) is 1. The molecule has 3 aromatic rings. The zero-order chi connectivity index (χ0) is 22.2. The SMILES string of the molecule is CCOC(=O)N1CCc2c(sc3c2C(=O)NC(c2c(OCC)ccc4ccccc24)N3)C1. The van der Waals surface area contributed by atoms with Crippen molar-refractivity contribution in [1.82, 2.24) is 10.2 Å². The van der Waals surface area contributed by atoms with E-state index in [4.69, 9.17) is 9.47 Å². The van der Waals surface area contributed by atoms with Crippen LogP contribution in [-0.4, -0.2) is 36.7 Å². The first kappa shape index (κ1) is 20.6. The first-order valence-electron chi connectivity index (χ1n) is 10.9. The van der Waals surface area contributed by atoms with E-state index in [-0.39, 0.29) is 12.0 Å². The highest BCUT2D eigenvalue weighted by Crippen LogP contribution is 2.43. The Morgan fingerprint density at radius 2 is 2.00 bits per heavy atom.